The van der Waals surface area contributed by atoms with Crippen molar-refractivity contribution in [1.82, 2.24) is 26.6 Å². The number of hydrogen-bond acceptors (Lipinski definition) is 12. The molecule has 3 aliphatic rings. The molecule has 0 aromatic heterocycles. The molecule has 9 N–H and O–H groups in total. The monoisotopic (exact) mass is 860 g/mol. The minimum Gasteiger partial charge on any atom is -0.423 e. The summed E-state index contributed by atoms with van der Waals surface area (Å²) in [6.45, 7) is 11.2. The zero-order valence-corrected chi connectivity index (χ0v) is 36.5. The number of carbonyl (C=O) groups is 7. The molecule has 2 fully saturated rings. The van der Waals surface area contributed by atoms with Gasteiger partial charge in [-0.05, 0) is 77.0 Å². The lowest BCUT2D eigenvalue weighted by molar-refractivity contribution is -0.241. The molecule has 0 aromatic carbocycles. The Bertz CT molecular complexity index is 1630. The molecular weight excluding hydrogens is 793 g/mol. The van der Waals surface area contributed by atoms with E-state index in [1.807, 2.05) is 13.8 Å². The van der Waals surface area contributed by atoms with Crippen molar-refractivity contribution in [2.24, 2.45) is 23.5 Å². The van der Waals surface area contributed by atoms with Gasteiger partial charge < -0.3 is 56.7 Å². The fourth-order valence-electron chi connectivity index (χ4n) is 7.38. The summed E-state index contributed by atoms with van der Waals surface area (Å²) in [5, 5.41) is 35.5. The van der Waals surface area contributed by atoms with Crippen molar-refractivity contribution in [1.29, 1.82) is 0 Å². The van der Waals surface area contributed by atoms with Crippen molar-refractivity contribution in [3.8, 4) is 0 Å². The van der Waals surface area contributed by atoms with Crippen LogP contribution in [-0.2, 0) is 47.8 Å². The van der Waals surface area contributed by atoms with Crippen molar-refractivity contribution in [2.45, 2.75) is 167 Å². The molecule has 1 saturated carbocycles. The zero-order chi connectivity index (χ0) is 45.4. The molecule has 342 valence electrons. The quantitative estimate of drug-likeness (QED) is 0.173. The smallest absolute Gasteiger partial charge is 0.314 e. The summed E-state index contributed by atoms with van der Waals surface area (Å²) in [5.74, 6) is -9.32. The third-order valence-corrected chi connectivity index (χ3v) is 10.9. The van der Waals surface area contributed by atoms with Gasteiger partial charge in [0.25, 0.3) is 11.7 Å². The predicted molar refractivity (Wildman–Crippen MR) is 223 cm³/mol. The summed E-state index contributed by atoms with van der Waals surface area (Å²) in [7, 11) is 0. The van der Waals surface area contributed by atoms with Gasteiger partial charge in [-0.25, -0.2) is 0 Å². The zero-order valence-electron chi connectivity index (χ0n) is 36.5. The van der Waals surface area contributed by atoms with Crippen molar-refractivity contribution in [3.05, 3.63) is 36.5 Å². The normalized spacial score (nSPS) is 35.1. The van der Waals surface area contributed by atoms with E-state index in [-0.39, 0.29) is 63.2 Å². The number of rotatable bonds is 6. The van der Waals surface area contributed by atoms with E-state index in [0.29, 0.717) is 6.42 Å². The van der Waals surface area contributed by atoms with Crippen LogP contribution in [0.3, 0.4) is 0 Å². The van der Waals surface area contributed by atoms with Crippen molar-refractivity contribution in [2.75, 3.05) is 6.61 Å². The number of aliphatic hydroxyl groups is 2. The van der Waals surface area contributed by atoms with Crippen LogP contribution in [-0.4, -0.2) is 119 Å². The molecule has 0 aromatic rings. The third-order valence-electron chi connectivity index (χ3n) is 10.9. The highest BCUT2D eigenvalue weighted by Crippen LogP contribution is 2.30. The molecule has 6 amide bonds. The molecule has 18 heteroatoms. The third kappa shape index (κ3) is 16.6. The van der Waals surface area contributed by atoms with Crippen LogP contribution in [0.15, 0.2) is 36.5 Å². The molecule has 0 spiro atoms. The van der Waals surface area contributed by atoms with Crippen LogP contribution < -0.4 is 32.3 Å². The van der Waals surface area contributed by atoms with E-state index in [1.54, 1.807) is 64.2 Å². The molecule has 11 unspecified atom stereocenters. The van der Waals surface area contributed by atoms with Crippen LogP contribution in [0.5, 0.6) is 0 Å². The van der Waals surface area contributed by atoms with E-state index in [4.69, 9.17) is 19.9 Å². The summed E-state index contributed by atoms with van der Waals surface area (Å²) < 4.78 is 18.2. The van der Waals surface area contributed by atoms with E-state index in [9.17, 15) is 43.8 Å². The predicted octanol–water partition coefficient (Wildman–Crippen LogP) is 0.836. The summed E-state index contributed by atoms with van der Waals surface area (Å²) in [6, 6.07) is -4.83. The maximum Gasteiger partial charge on any atom is 0.314 e. The first-order chi connectivity index (χ1) is 28.7. The molecule has 2 heterocycles. The second-order valence-electron chi connectivity index (χ2n) is 17.2. The van der Waals surface area contributed by atoms with Crippen LogP contribution in [0.2, 0.25) is 0 Å². The van der Waals surface area contributed by atoms with Gasteiger partial charge in [-0.2, -0.15) is 0 Å². The van der Waals surface area contributed by atoms with E-state index >= 15 is 0 Å². The number of amides is 6. The Labute approximate surface area is 358 Å². The van der Waals surface area contributed by atoms with Gasteiger partial charge in [0.2, 0.25) is 29.5 Å². The van der Waals surface area contributed by atoms with E-state index in [2.05, 4.69) is 26.6 Å². The molecule has 3 rings (SSSR count). The lowest BCUT2D eigenvalue weighted by atomic mass is 9.83. The Morgan fingerprint density at radius 3 is 2.11 bits per heavy atom. The molecule has 4 bridgehead atoms. The van der Waals surface area contributed by atoms with Gasteiger partial charge >= 0.3 is 5.97 Å². The number of nitrogens with two attached hydrogens (primary N) is 1. The first-order valence-corrected chi connectivity index (χ1v) is 21.3. The van der Waals surface area contributed by atoms with Crippen molar-refractivity contribution in [3.63, 3.8) is 0 Å². The Hall–Kier alpha value is -4.65. The van der Waals surface area contributed by atoms with Crippen LogP contribution in [0, 0.1) is 17.8 Å². The summed E-state index contributed by atoms with van der Waals surface area (Å²) in [5.41, 5.74) is 5.41. The average molecular weight is 861 g/mol. The molecule has 1 saturated heterocycles. The van der Waals surface area contributed by atoms with Crippen LogP contribution >= 0.6 is 0 Å². The van der Waals surface area contributed by atoms with Crippen LogP contribution in [0.1, 0.15) is 106 Å². The Kier molecular flexibility index (Phi) is 20.0. The molecule has 2 aliphatic heterocycles. The van der Waals surface area contributed by atoms with Gasteiger partial charge in [0.15, 0.2) is 0 Å². The highest BCUT2D eigenvalue weighted by molar-refractivity contribution is 5.93. The first-order valence-electron chi connectivity index (χ1n) is 21.3. The Balaban J connectivity index is 2.12. The fourth-order valence-corrected chi connectivity index (χ4v) is 7.38. The number of aliphatic hydroxyl groups excluding tert-OH is 2. The molecule has 1 aliphatic carbocycles. The van der Waals surface area contributed by atoms with Crippen LogP contribution in [0.25, 0.3) is 0 Å². The molecular formula is C43H68N6O12. The van der Waals surface area contributed by atoms with Gasteiger partial charge in [0.1, 0.15) is 24.7 Å². The molecule has 18 nitrogen and oxygen atoms in total. The van der Waals surface area contributed by atoms with E-state index in [0.717, 1.165) is 0 Å². The minimum atomic E-state index is -2.45. The van der Waals surface area contributed by atoms with Gasteiger partial charge in [-0.15, -0.1) is 0 Å². The maximum atomic E-state index is 14.3. The summed E-state index contributed by atoms with van der Waals surface area (Å²) in [4.78, 5) is 94.7. The lowest BCUT2D eigenvalue weighted by Gasteiger charge is -2.37. The second kappa shape index (κ2) is 24.1. The van der Waals surface area contributed by atoms with Crippen LogP contribution in [0.4, 0.5) is 0 Å². The maximum absolute atomic E-state index is 14.3. The van der Waals surface area contributed by atoms with Gasteiger partial charge in [-0.1, -0.05) is 64.2 Å². The standard InChI is InChI=1S/C43H68N6O12/c1-24(2)20-32-39(55)49-37(25(3)4)40(56)46-28-16-18-34(51)30(22-28)41(57)61-43(7)42(58)48-31(17-19-35(44)52)38(54)45-27(6)33(50)15-13-11-9-8-10-12-14-29(21-26(5)60-43)59-23-36(53)47-32/h8-13,24-34,37,50-51H,14-23H2,1-7H3,(H2,44,52)(H,45,54)(H,46,56)(H,47,53)(H,48,58)(H,49,55)/b9-8+,12-10+,13-11+. The summed E-state index contributed by atoms with van der Waals surface area (Å²) >= 11 is 0. The number of esters is 1. The number of primary amides is 1. The highest BCUT2D eigenvalue weighted by Gasteiger charge is 2.46. The SMILES string of the molecule is CC(C)CC1NC(=O)COC2C/C=C/C=C/C=C/CC(O)C(C)NC(=O)C(CCC(N)=O)NC(=O)C(C)(OC(=O)C3CC(CCC3O)NC(=O)C(C(C)C)NC1=O)OC(C)C2. The van der Waals surface area contributed by atoms with E-state index in [1.165, 1.54) is 6.92 Å². The number of hydrogen-bond donors (Lipinski definition) is 8. The second-order valence-corrected chi connectivity index (χ2v) is 17.2. The number of allylic oxidation sites excluding steroid dienone is 4. The fraction of sp³-hybridized carbons (Fsp3) is 0.698. The number of ether oxygens (including phenoxy) is 3. The van der Waals surface area contributed by atoms with Gasteiger partial charge in [0.05, 0.1) is 36.4 Å². The van der Waals surface area contributed by atoms with Gasteiger partial charge in [0, 0.05) is 19.4 Å². The number of nitrogens with one attached hydrogen (secondary N) is 5. The number of fused-ring (bicyclic) bond motifs is 6. The molecule has 11 atom stereocenters. The van der Waals surface area contributed by atoms with Crippen molar-refractivity contribution < 1.29 is 58.0 Å². The molecule has 61 heavy (non-hydrogen) atoms. The largest absolute Gasteiger partial charge is 0.423 e. The average Bonchev–Trinajstić information content (AvgIpc) is 3.17. The molecule has 0 radical (unpaired) electrons. The minimum absolute atomic E-state index is 0.00577. The number of carbonyl (C=O) groups excluding carboxylic acids is 7. The van der Waals surface area contributed by atoms with E-state index < -0.39 is 114 Å². The first kappa shape index (κ1) is 50.7. The highest BCUT2D eigenvalue weighted by atomic mass is 16.7. The van der Waals surface area contributed by atoms with Gasteiger partial charge in [-0.3, -0.25) is 33.6 Å². The summed E-state index contributed by atoms with van der Waals surface area (Å²) in [6.07, 6.45) is 7.07. The Morgan fingerprint density at radius 2 is 1.48 bits per heavy atom. The lowest BCUT2D eigenvalue weighted by Crippen LogP contribution is -2.59. The van der Waals surface area contributed by atoms with Crippen molar-refractivity contribution >= 4 is 41.4 Å². The Morgan fingerprint density at radius 1 is 0.820 bits per heavy atom. The topological polar surface area (TPSA) is 274 Å².